The molecule has 4 heteroatoms. The Labute approximate surface area is 172 Å². The molecule has 2 aromatic carbocycles. The predicted octanol–water partition coefficient (Wildman–Crippen LogP) is 6.47. The summed E-state index contributed by atoms with van der Waals surface area (Å²) in [6.45, 7) is 3.16. The lowest BCUT2D eigenvalue weighted by Crippen LogP contribution is -2.33. The summed E-state index contributed by atoms with van der Waals surface area (Å²) in [7, 11) is 2.15. The smallest absolute Gasteiger partial charge is 0.0851 e. The van der Waals surface area contributed by atoms with Crippen LogP contribution in [0.15, 0.2) is 48.5 Å². The number of hydrogen-bond acceptors (Lipinski definition) is 2. The molecule has 0 heterocycles. The van der Waals surface area contributed by atoms with Crippen LogP contribution in [0, 0.1) is 17.2 Å². The van der Waals surface area contributed by atoms with E-state index in [0.29, 0.717) is 22.0 Å². The molecular weight excluding hydrogens is 375 g/mol. The highest BCUT2D eigenvalue weighted by Gasteiger charge is 2.47. The summed E-state index contributed by atoms with van der Waals surface area (Å²) in [4.78, 5) is 2.36. The van der Waals surface area contributed by atoms with Crippen LogP contribution in [0.2, 0.25) is 10.0 Å². The lowest BCUT2D eigenvalue weighted by molar-refractivity contribution is 0.222. The van der Waals surface area contributed by atoms with Crippen molar-refractivity contribution >= 4 is 23.2 Å². The molecule has 142 valence electrons. The van der Waals surface area contributed by atoms with Crippen molar-refractivity contribution in [3.63, 3.8) is 0 Å². The predicted molar refractivity (Wildman–Crippen MR) is 113 cm³/mol. The zero-order chi connectivity index (χ0) is 19.4. The Kier molecular flexibility index (Phi) is 6.48. The summed E-state index contributed by atoms with van der Waals surface area (Å²) < 4.78 is 0. The number of nitriles is 1. The first-order valence-electron chi connectivity index (χ1n) is 9.57. The van der Waals surface area contributed by atoms with Gasteiger partial charge in [0.15, 0.2) is 0 Å². The molecule has 0 aliphatic heterocycles. The molecule has 1 aliphatic rings. The molecule has 0 N–H and O–H groups in total. The summed E-state index contributed by atoms with van der Waals surface area (Å²) in [6, 6.07) is 19.2. The normalized spacial score (nSPS) is 17.3. The molecule has 1 saturated carbocycles. The van der Waals surface area contributed by atoms with Gasteiger partial charge in [-0.1, -0.05) is 59.6 Å². The van der Waals surface area contributed by atoms with Gasteiger partial charge in [0.05, 0.1) is 21.5 Å². The molecule has 1 fully saturated rings. The molecule has 2 aromatic rings. The van der Waals surface area contributed by atoms with E-state index in [1.165, 1.54) is 5.56 Å². The molecular formula is C23H26Cl2N2. The second-order valence-corrected chi connectivity index (χ2v) is 8.59. The third-order valence-electron chi connectivity index (χ3n) is 5.89. The minimum Gasteiger partial charge on any atom is -0.299 e. The number of rotatable bonds is 8. The fourth-order valence-electron chi connectivity index (χ4n) is 3.83. The highest BCUT2D eigenvalue weighted by molar-refractivity contribution is 6.42. The highest BCUT2D eigenvalue weighted by Crippen LogP contribution is 2.50. The van der Waals surface area contributed by atoms with E-state index >= 15 is 0 Å². The van der Waals surface area contributed by atoms with Gasteiger partial charge in [0.2, 0.25) is 0 Å². The Balaban J connectivity index is 1.72. The Morgan fingerprint density at radius 2 is 1.85 bits per heavy atom. The van der Waals surface area contributed by atoms with Crippen molar-refractivity contribution in [3.8, 4) is 6.07 Å². The van der Waals surface area contributed by atoms with Crippen LogP contribution in [0.3, 0.4) is 0 Å². The van der Waals surface area contributed by atoms with Crippen LogP contribution < -0.4 is 0 Å². The minimum absolute atomic E-state index is 0.388. The van der Waals surface area contributed by atoms with Gasteiger partial charge < -0.3 is 0 Å². The third kappa shape index (κ3) is 4.66. The Morgan fingerprint density at radius 1 is 1.15 bits per heavy atom. The maximum Gasteiger partial charge on any atom is 0.0851 e. The van der Waals surface area contributed by atoms with E-state index in [1.54, 1.807) is 0 Å². The lowest BCUT2D eigenvalue weighted by atomic mass is 9.73. The quantitative estimate of drug-likeness (QED) is 0.507. The van der Waals surface area contributed by atoms with Gasteiger partial charge in [0.25, 0.3) is 0 Å². The fourth-order valence-corrected chi connectivity index (χ4v) is 4.13. The molecule has 0 amide bonds. The van der Waals surface area contributed by atoms with Crippen molar-refractivity contribution in [2.45, 2.75) is 50.6 Å². The largest absolute Gasteiger partial charge is 0.299 e. The first-order valence-corrected chi connectivity index (χ1v) is 10.3. The first-order chi connectivity index (χ1) is 13.0. The van der Waals surface area contributed by atoms with Crippen LogP contribution in [-0.4, -0.2) is 18.0 Å². The van der Waals surface area contributed by atoms with E-state index < -0.39 is 5.41 Å². The van der Waals surface area contributed by atoms with Crippen molar-refractivity contribution in [2.24, 2.45) is 5.92 Å². The van der Waals surface area contributed by atoms with Crippen LogP contribution in [0.25, 0.3) is 0 Å². The second-order valence-electron chi connectivity index (χ2n) is 7.77. The van der Waals surface area contributed by atoms with Gasteiger partial charge in [0, 0.05) is 12.6 Å². The second kappa shape index (κ2) is 8.65. The molecule has 27 heavy (non-hydrogen) atoms. The molecule has 0 radical (unpaired) electrons. The molecule has 0 spiro atoms. The fraction of sp³-hybridized carbons (Fsp3) is 0.435. The maximum atomic E-state index is 10.1. The van der Waals surface area contributed by atoms with Gasteiger partial charge in [-0.3, -0.25) is 4.90 Å². The van der Waals surface area contributed by atoms with Crippen molar-refractivity contribution in [3.05, 3.63) is 69.7 Å². The van der Waals surface area contributed by atoms with E-state index in [9.17, 15) is 5.26 Å². The topological polar surface area (TPSA) is 27.0 Å². The van der Waals surface area contributed by atoms with E-state index in [-0.39, 0.29) is 0 Å². The average molecular weight is 401 g/mol. The Bertz CT molecular complexity index is 811. The van der Waals surface area contributed by atoms with E-state index in [4.69, 9.17) is 23.2 Å². The SMILES string of the molecule is CC(CCC(C#N)(c1ccc(Cl)c(Cl)c1)C1CC1)N(C)Cc1ccccc1. The molecule has 2 unspecified atom stereocenters. The third-order valence-corrected chi connectivity index (χ3v) is 6.63. The maximum absolute atomic E-state index is 10.1. The molecule has 2 nitrogen and oxygen atoms in total. The molecule has 0 aromatic heterocycles. The zero-order valence-electron chi connectivity index (χ0n) is 16.0. The number of halogens is 2. The average Bonchev–Trinajstić information content (AvgIpc) is 3.51. The number of nitrogens with zero attached hydrogens (tertiary/aromatic N) is 2. The summed E-state index contributed by atoms with van der Waals surface area (Å²) in [6.07, 6.45) is 4.03. The molecule has 2 atom stereocenters. The zero-order valence-corrected chi connectivity index (χ0v) is 17.5. The Hall–Kier alpha value is -1.53. The molecule has 0 saturated heterocycles. The van der Waals surface area contributed by atoms with Gasteiger partial charge in [0.1, 0.15) is 0 Å². The van der Waals surface area contributed by atoms with Crippen molar-refractivity contribution in [1.82, 2.24) is 4.90 Å². The lowest BCUT2D eigenvalue weighted by Gasteiger charge is -2.31. The standard InChI is InChI=1S/C23H26Cl2N2/c1-17(27(2)15-18-6-4-3-5-7-18)12-13-23(16-26,19-8-9-19)20-10-11-21(24)22(25)14-20/h3-7,10-11,14,17,19H,8-9,12-13,15H2,1-2H3. The van der Waals surface area contributed by atoms with Crippen molar-refractivity contribution < 1.29 is 0 Å². The van der Waals surface area contributed by atoms with Crippen LogP contribution in [0.4, 0.5) is 0 Å². The van der Waals surface area contributed by atoms with E-state index in [0.717, 1.165) is 37.8 Å². The Morgan fingerprint density at radius 3 is 2.44 bits per heavy atom. The minimum atomic E-state index is -0.462. The molecule has 0 bridgehead atoms. The van der Waals surface area contributed by atoms with E-state index in [1.807, 2.05) is 24.3 Å². The van der Waals surface area contributed by atoms with Crippen LogP contribution in [0.1, 0.15) is 43.7 Å². The van der Waals surface area contributed by atoms with Gasteiger partial charge in [-0.05, 0) is 68.8 Å². The summed E-state index contributed by atoms with van der Waals surface area (Å²) in [5, 5.41) is 11.2. The van der Waals surface area contributed by atoms with Crippen LogP contribution in [-0.2, 0) is 12.0 Å². The summed E-state index contributed by atoms with van der Waals surface area (Å²) in [5.74, 6) is 0.423. The van der Waals surface area contributed by atoms with Gasteiger partial charge in [-0.2, -0.15) is 5.26 Å². The van der Waals surface area contributed by atoms with Gasteiger partial charge >= 0.3 is 0 Å². The van der Waals surface area contributed by atoms with Gasteiger partial charge in [-0.15, -0.1) is 0 Å². The van der Waals surface area contributed by atoms with Gasteiger partial charge in [-0.25, -0.2) is 0 Å². The summed E-state index contributed by atoms with van der Waals surface area (Å²) in [5.41, 5.74) is 1.86. The van der Waals surface area contributed by atoms with Crippen LogP contribution >= 0.6 is 23.2 Å². The first kappa shape index (κ1) is 20.2. The van der Waals surface area contributed by atoms with E-state index in [2.05, 4.69) is 49.2 Å². The number of benzene rings is 2. The molecule has 1 aliphatic carbocycles. The monoisotopic (exact) mass is 400 g/mol. The number of hydrogen-bond donors (Lipinski definition) is 0. The summed E-state index contributed by atoms with van der Waals surface area (Å²) >= 11 is 12.3. The van der Waals surface area contributed by atoms with Crippen molar-refractivity contribution in [1.29, 1.82) is 5.26 Å². The van der Waals surface area contributed by atoms with Crippen molar-refractivity contribution in [2.75, 3.05) is 7.05 Å². The molecule has 3 rings (SSSR count). The highest BCUT2D eigenvalue weighted by atomic mass is 35.5. The van der Waals surface area contributed by atoms with Crippen LogP contribution in [0.5, 0.6) is 0 Å².